The molecule has 2 unspecified atom stereocenters. The van der Waals surface area contributed by atoms with E-state index in [1.165, 1.54) is 32.5 Å². The first-order valence-corrected chi connectivity index (χ1v) is 6.18. The van der Waals surface area contributed by atoms with E-state index in [1.54, 1.807) is 0 Å². The summed E-state index contributed by atoms with van der Waals surface area (Å²) in [4.78, 5) is 2.53. The predicted molar refractivity (Wildman–Crippen MR) is 63.8 cm³/mol. The quantitative estimate of drug-likeness (QED) is 0.653. The fourth-order valence-corrected chi connectivity index (χ4v) is 2.17. The Morgan fingerprint density at radius 2 is 2.20 bits per heavy atom. The second-order valence-electron chi connectivity index (χ2n) is 5.35. The summed E-state index contributed by atoms with van der Waals surface area (Å²) in [5, 5.41) is 9.72. The molecule has 0 aromatic heterocycles. The van der Waals surface area contributed by atoms with Gasteiger partial charge < -0.3 is 15.7 Å². The molecule has 0 bridgehead atoms. The smallest absolute Gasteiger partial charge is 0.0741 e. The first kappa shape index (κ1) is 12.9. The van der Waals surface area contributed by atoms with Gasteiger partial charge >= 0.3 is 0 Å². The third-order valence-corrected chi connectivity index (χ3v) is 3.39. The third kappa shape index (κ3) is 4.96. The summed E-state index contributed by atoms with van der Waals surface area (Å²) < 4.78 is 0. The van der Waals surface area contributed by atoms with E-state index in [9.17, 15) is 5.11 Å². The lowest BCUT2D eigenvalue weighted by molar-refractivity contribution is 0.0565. The molecular weight excluding hydrogens is 188 g/mol. The molecule has 1 rings (SSSR count). The SMILES string of the molecule is CC1CCN(CCCCC(C)(O)CN)C1. The molecule has 3 N–H and O–H groups in total. The van der Waals surface area contributed by atoms with Crippen LogP contribution in [-0.4, -0.2) is 41.8 Å². The van der Waals surface area contributed by atoms with Gasteiger partial charge in [0.15, 0.2) is 0 Å². The second-order valence-corrected chi connectivity index (χ2v) is 5.35. The maximum Gasteiger partial charge on any atom is 0.0741 e. The molecule has 0 spiro atoms. The summed E-state index contributed by atoms with van der Waals surface area (Å²) in [5.41, 5.74) is 4.81. The van der Waals surface area contributed by atoms with Gasteiger partial charge in [0.25, 0.3) is 0 Å². The van der Waals surface area contributed by atoms with Gasteiger partial charge in [-0.2, -0.15) is 0 Å². The molecule has 1 aliphatic rings. The Morgan fingerprint density at radius 3 is 2.73 bits per heavy atom. The molecule has 2 atom stereocenters. The molecular formula is C12H26N2O. The molecule has 0 radical (unpaired) electrons. The summed E-state index contributed by atoms with van der Waals surface area (Å²) in [5.74, 6) is 0.872. The molecule has 0 aromatic rings. The van der Waals surface area contributed by atoms with Gasteiger partial charge in [-0.15, -0.1) is 0 Å². The van der Waals surface area contributed by atoms with Crippen LogP contribution in [0.3, 0.4) is 0 Å². The Hall–Kier alpha value is -0.120. The monoisotopic (exact) mass is 214 g/mol. The number of nitrogens with zero attached hydrogens (tertiary/aromatic N) is 1. The van der Waals surface area contributed by atoms with Crippen molar-refractivity contribution in [3.8, 4) is 0 Å². The molecule has 0 aliphatic carbocycles. The van der Waals surface area contributed by atoms with Gasteiger partial charge in [-0.25, -0.2) is 0 Å². The Kier molecular flexibility index (Phi) is 5.03. The van der Waals surface area contributed by atoms with E-state index in [4.69, 9.17) is 5.73 Å². The van der Waals surface area contributed by atoms with Crippen LogP contribution in [0.5, 0.6) is 0 Å². The minimum Gasteiger partial charge on any atom is -0.389 e. The number of unbranched alkanes of at least 4 members (excludes halogenated alkanes) is 1. The van der Waals surface area contributed by atoms with Gasteiger partial charge in [0.2, 0.25) is 0 Å². The zero-order valence-electron chi connectivity index (χ0n) is 10.2. The molecule has 3 nitrogen and oxygen atoms in total. The van der Waals surface area contributed by atoms with Crippen LogP contribution < -0.4 is 5.73 Å². The zero-order valence-corrected chi connectivity index (χ0v) is 10.2. The zero-order chi connectivity index (χ0) is 11.3. The Balaban J connectivity index is 2.02. The van der Waals surface area contributed by atoms with E-state index in [1.807, 2.05) is 6.92 Å². The van der Waals surface area contributed by atoms with Crippen LogP contribution in [-0.2, 0) is 0 Å². The largest absolute Gasteiger partial charge is 0.389 e. The molecule has 1 heterocycles. The highest BCUT2D eigenvalue weighted by atomic mass is 16.3. The van der Waals surface area contributed by atoms with Gasteiger partial charge in [-0.1, -0.05) is 6.92 Å². The maximum atomic E-state index is 9.72. The first-order valence-electron chi connectivity index (χ1n) is 6.18. The molecule has 3 heteroatoms. The van der Waals surface area contributed by atoms with Crippen molar-refractivity contribution in [1.82, 2.24) is 4.90 Å². The van der Waals surface area contributed by atoms with Crippen molar-refractivity contribution in [2.75, 3.05) is 26.2 Å². The molecule has 90 valence electrons. The minimum atomic E-state index is -0.654. The van der Waals surface area contributed by atoms with Gasteiger partial charge in [0.1, 0.15) is 0 Å². The van der Waals surface area contributed by atoms with Gasteiger partial charge in [-0.3, -0.25) is 0 Å². The van der Waals surface area contributed by atoms with Crippen molar-refractivity contribution >= 4 is 0 Å². The highest BCUT2D eigenvalue weighted by Crippen LogP contribution is 2.17. The number of aliphatic hydroxyl groups is 1. The lowest BCUT2D eigenvalue weighted by atomic mass is 9.99. The number of hydrogen-bond acceptors (Lipinski definition) is 3. The van der Waals surface area contributed by atoms with Crippen molar-refractivity contribution in [2.45, 2.75) is 45.1 Å². The Bertz CT molecular complexity index is 182. The molecule has 0 amide bonds. The lowest BCUT2D eigenvalue weighted by Crippen LogP contribution is -2.34. The number of hydrogen-bond donors (Lipinski definition) is 2. The topological polar surface area (TPSA) is 49.5 Å². The van der Waals surface area contributed by atoms with E-state index in [-0.39, 0.29) is 0 Å². The molecule has 0 saturated carbocycles. The predicted octanol–water partition coefficient (Wildman–Crippen LogP) is 1.21. The van der Waals surface area contributed by atoms with E-state index in [0.717, 1.165) is 18.8 Å². The number of likely N-dealkylation sites (tertiary alicyclic amines) is 1. The van der Waals surface area contributed by atoms with Gasteiger partial charge in [-0.05, 0) is 51.6 Å². The fraction of sp³-hybridized carbons (Fsp3) is 1.00. The van der Waals surface area contributed by atoms with Crippen LogP contribution >= 0.6 is 0 Å². The first-order chi connectivity index (χ1) is 7.03. The van der Waals surface area contributed by atoms with Crippen LogP contribution in [0.2, 0.25) is 0 Å². The summed E-state index contributed by atoms with van der Waals surface area (Å²) in [7, 11) is 0. The second kappa shape index (κ2) is 5.83. The summed E-state index contributed by atoms with van der Waals surface area (Å²) in [6.45, 7) is 8.21. The fourth-order valence-electron chi connectivity index (χ4n) is 2.17. The third-order valence-electron chi connectivity index (χ3n) is 3.39. The van der Waals surface area contributed by atoms with Gasteiger partial charge in [0, 0.05) is 13.1 Å². The maximum absolute atomic E-state index is 9.72. The molecule has 0 aromatic carbocycles. The van der Waals surface area contributed by atoms with E-state index in [0.29, 0.717) is 6.54 Å². The van der Waals surface area contributed by atoms with E-state index < -0.39 is 5.60 Å². The lowest BCUT2D eigenvalue weighted by Gasteiger charge is -2.21. The van der Waals surface area contributed by atoms with Crippen LogP contribution in [0.4, 0.5) is 0 Å². The summed E-state index contributed by atoms with van der Waals surface area (Å²) in [6.07, 6.45) is 4.44. The van der Waals surface area contributed by atoms with Crippen molar-refractivity contribution in [3.05, 3.63) is 0 Å². The Morgan fingerprint density at radius 1 is 1.47 bits per heavy atom. The molecule has 1 fully saturated rings. The summed E-state index contributed by atoms with van der Waals surface area (Å²) in [6, 6.07) is 0. The van der Waals surface area contributed by atoms with Crippen LogP contribution in [0.15, 0.2) is 0 Å². The standard InChI is InChI=1S/C12H26N2O/c1-11-5-8-14(9-11)7-4-3-6-12(2,15)10-13/h11,15H,3-10,13H2,1-2H3. The van der Waals surface area contributed by atoms with Crippen molar-refractivity contribution in [3.63, 3.8) is 0 Å². The van der Waals surface area contributed by atoms with Crippen LogP contribution in [0.1, 0.15) is 39.5 Å². The Labute approximate surface area is 93.6 Å². The molecule has 1 aliphatic heterocycles. The van der Waals surface area contributed by atoms with E-state index in [2.05, 4.69) is 11.8 Å². The average molecular weight is 214 g/mol. The van der Waals surface area contributed by atoms with E-state index >= 15 is 0 Å². The molecule has 15 heavy (non-hydrogen) atoms. The molecule has 1 saturated heterocycles. The summed E-state index contributed by atoms with van der Waals surface area (Å²) >= 11 is 0. The highest BCUT2D eigenvalue weighted by Gasteiger charge is 2.19. The minimum absolute atomic E-state index is 0.369. The number of rotatable bonds is 6. The van der Waals surface area contributed by atoms with Crippen LogP contribution in [0, 0.1) is 5.92 Å². The van der Waals surface area contributed by atoms with Crippen LogP contribution in [0.25, 0.3) is 0 Å². The number of nitrogens with two attached hydrogens (primary N) is 1. The van der Waals surface area contributed by atoms with Gasteiger partial charge in [0.05, 0.1) is 5.60 Å². The van der Waals surface area contributed by atoms with Crippen molar-refractivity contribution in [2.24, 2.45) is 11.7 Å². The van der Waals surface area contributed by atoms with Crippen molar-refractivity contribution in [1.29, 1.82) is 0 Å². The normalized spacial score (nSPS) is 26.8. The van der Waals surface area contributed by atoms with Crippen molar-refractivity contribution < 1.29 is 5.11 Å². The highest BCUT2D eigenvalue weighted by molar-refractivity contribution is 4.75. The average Bonchev–Trinajstić information content (AvgIpc) is 2.59.